The van der Waals surface area contributed by atoms with E-state index in [9.17, 15) is 101 Å². The summed E-state index contributed by atoms with van der Waals surface area (Å²) >= 11 is 0. The molecule has 0 unspecified atom stereocenters. The zero-order valence-corrected chi connectivity index (χ0v) is 33.3. The highest BCUT2D eigenvalue weighted by Gasteiger charge is 2.64. The van der Waals surface area contributed by atoms with E-state index in [2.05, 4.69) is 0 Å². The third-order valence-corrected chi connectivity index (χ3v) is 11.4. The molecule has 2 aliphatic carbocycles. The number of hydrogen-bond acceptors (Lipinski definition) is 22. The van der Waals surface area contributed by atoms with Crippen LogP contribution in [0.1, 0.15) is 11.1 Å². The van der Waals surface area contributed by atoms with Gasteiger partial charge in [0, 0.05) is 0 Å². The molecule has 346 valence electrons. The van der Waals surface area contributed by atoms with Crippen molar-refractivity contribution in [2.24, 2.45) is 0 Å². The number of rotatable bonds is 11. The molecule has 22 heteroatoms. The number of ether oxygens (including phenoxy) is 2. The van der Waals surface area contributed by atoms with E-state index >= 15 is 0 Å². The maximum absolute atomic E-state index is 14.5. The molecule has 0 aromatic heterocycles. The Kier molecular flexibility index (Phi) is 13.6. The fourth-order valence-electron chi connectivity index (χ4n) is 7.68. The molecule has 65 heavy (non-hydrogen) atoms. The number of carbonyl (C=O) groups excluding carboxylic acids is 5. The average Bonchev–Trinajstić information content (AvgIpc) is 3.28. The summed E-state index contributed by atoms with van der Waals surface area (Å²) in [5, 5.41) is 162. The SMILES string of the molecule is O=C(C=Cc1ccc(O)cc1)C1=C(O)[C@@](O)([C@@H]2O[C@H](CO)[C@@H](O)[C@H](O)[C@H]2O)C(O)=C(C=C2C(=O)C(C(=O)C=Cc3ccc(O)cc3)=C(O)[C@@](O)([C@@H]3O[C@H](CO)[C@@H](O)[C@H](O)[C@H]3O)C2=O)C1=O. The number of ketones is 5. The van der Waals surface area contributed by atoms with Gasteiger partial charge in [-0.2, -0.15) is 0 Å². The van der Waals surface area contributed by atoms with E-state index in [0.717, 1.165) is 12.2 Å². The Morgan fingerprint density at radius 1 is 0.538 bits per heavy atom. The Hall–Kier alpha value is -6.25. The minimum atomic E-state index is -3.89. The summed E-state index contributed by atoms with van der Waals surface area (Å²) in [6.07, 6.45) is -19.9. The summed E-state index contributed by atoms with van der Waals surface area (Å²) in [5.74, 6) is -14.7. The lowest BCUT2D eigenvalue weighted by Gasteiger charge is -2.47. The van der Waals surface area contributed by atoms with Crippen molar-refractivity contribution in [3.05, 3.63) is 117 Å². The van der Waals surface area contributed by atoms with E-state index < -0.39 is 154 Å². The first-order valence-corrected chi connectivity index (χ1v) is 19.3. The smallest absolute Gasteiger partial charge is 0.214 e. The van der Waals surface area contributed by atoms with Gasteiger partial charge in [0.05, 0.1) is 24.4 Å². The second-order valence-corrected chi connectivity index (χ2v) is 15.4. The van der Waals surface area contributed by atoms with Crippen molar-refractivity contribution >= 4 is 41.1 Å². The van der Waals surface area contributed by atoms with E-state index in [0.29, 0.717) is 12.2 Å². The lowest BCUT2D eigenvalue weighted by atomic mass is 9.70. The zero-order chi connectivity index (χ0) is 48.0. The molecule has 4 aliphatic rings. The van der Waals surface area contributed by atoms with Gasteiger partial charge in [0.15, 0.2) is 11.6 Å². The van der Waals surface area contributed by atoms with Gasteiger partial charge in [-0.15, -0.1) is 0 Å². The highest BCUT2D eigenvalue weighted by molar-refractivity contribution is 6.42. The van der Waals surface area contributed by atoms with E-state index in [1.165, 1.54) is 48.5 Å². The van der Waals surface area contributed by atoms with Gasteiger partial charge < -0.3 is 86.1 Å². The van der Waals surface area contributed by atoms with Crippen molar-refractivity contribution in [3.8, 4) is 11.5 Å². The number of phenolic OH excluding ortho intramolecular Hbond substituents is 2. The normalized spacial score (nSPS) is 34.4. The third-order valence-electron chi connectivity index (χ3n) is 11.4. The van der Waals surface area contributed by atoms with Crippen molar-refractivity contribution in [2.75, 3.05) is 13.2 Å². The monoisotopic (exact) mass is 910 g/mol. The average molecular weight is 911 g/mol. The molecule has 2 heterocycles. The molecule has 0 radical (unpaired) electrons. The van der Waals surface area contributed by atoms with Crippen molar-refractivity contribution in [1.29, 1.82) is 0 Å². The van der Waals surface area contributed by atoms with Gasteiger partial charge in [0.25, 0.3) is 0 Å². The van der Waals surface area contributed by atoms with Crippen molar-refractivity contribution in [1.82, 2.24) is 0 Å². The highest BCUT2D eigenvalue weighted by Crippen LogP contribution is 2.45. The fraction of sp³-hybridized carbons (Fsp3) is 0.326. The zero-order valence-electron chi connectivity index (χ0n) is 33.3. The van der Waals surface area contributed by atoms with E-state index in [1.807, 2.05) is 0 Å². The number of Topliss-reactive ketones (excluding diaryl/α,β-unsaturated/α-hetero) is 3. The number of aromatic hydroxyl groups is 2. The number of phenols is 2. The molecule has 2 aromatic carbocycles. The molecule has 0 bridgehead atoms. The number of aliphatic hydroxyl groups is 13. The number of aliphatic hydroxyl groups excluding tert-OH is 11. The Morgan fingerprint density at radius 3 is 1.34 bits per heavy atom. The van der Waals surface area contributed by atoms with Crippen molar-refractivity contribution < 1.29 is 110 Å². The molecule has 0 saturated carbocycles. The van der Waals surface area contributed by atoms with Crippen LogP contribution in [-0.2, 0) is 33.4 Å². The standard InChI is InChI=1S/C43H42O22/c44-14-24-30(52)32(54)34(56)40(64-24)42(62)36(58)20(28(50)26(38(42)60)22(48)11-5-16-1-7-18(46)8-2-16)13-21-29(51)27(23(49)12-6-17-3-9-19(47)10-4-17)39(61)43(63,37(21)59)41-35(57)33(55)31(53)25(15-45)65-41/h1-13,24-25,30-35,40-41,44-47,52-58,60-63H,14-15H2/t24-,25-,30-,31-,32+,33+,34-,35-,40-,41-,42-,43-/m1/s1. The Morgan fingerprint density at radius 2 is 0.923 bits per heavy atom. The quantitative estimate of drug-likeness (QED) is 0.0759. The van der Waals surface area contributed by atoms with Gasteiger partial charge >= 0.3 is 0 Å². The topological polar surface area (TPSA) is 407 Å². The summed E-state index contributed by atoms with van der Waals surface area (Å²) in [5.41, 5.74) is -13.4. The van der Waals surface area contributed by atoms with Gasteiger partial charge in [-0.1, -0.05) is 36.4 Å². The van der Waals surface area contributed by atoms with Crippen LogP contribution in [0.3, 0.4) is 0 Å². The summed E-state index contributed by atoms with van der Waals surface area (Å²) in [6, 6.07) is 9.97. The van der Waals surface area contributed by atoms with Gasteiger partial charge in [-0.25, -0.2) is 0 Å². The Bertz CT molecular complexity index is 2460. The number of hydrogen-bond donors (Lipinski definition) is 15. The lowest BCUT2D eigenvalue weighted by Crippen LogP contribution is -2.69. The first-order chi connectivity index (χ1) is 30.5. The van der Waals surface area contributed by atoms with Crippen molar-refractivity contribution in [2.45, 2.75) is 72.2 Å². The second kappa shape index (κ2) is 18.3. The molecule has 2 saturated heterocycles. The molecule has 2 aliphatic heterocycles. The predicted octanol–water partition coefficient (Wildman–Crippen LogP) is -3.79. The van der Waals surface area contributed by atoms with Crippen LogP contribution >= 0.6 is 0 Å². The van der Waals surface area contributed by atoms with Crippen LogP contribution in [0.4, 0.5) is 0 Å². The first kappa shape index (κ1) is 48.2. The Balaban J connectivity index is 1.59. The van der Waals surface area contributed by atoms with Crippen molar-refractivity contribution in [3.63, 3.8) is 0 Å². The van der Waals surface area contributed by atoms with E-state index in [-0.39, 0.29) is 28.7 Å². The molecule has 0 amide bonds. The van der Waals surface area contributed by atoms with Crippen LogP contribution in [0.2, 0.25) is 0 Å². The summed E-state index contributed by atoms with van der Waals surface area (Å²) in [6.45, 7) is -2.32. The van der Waals surface area contributed by atoms with E-state index in [4.69, 9.17) is 9.47 Å². The minimum Gasteiger partial charge on any atom is -0.508 e. The predicted molar refractivity (Wildman–Crippen MR) is 214 cm³/mol. The van der Waals surface area contributed by atoms with Gasteiger partial charge in [-0.3, -0.25) is 24.0 Å². The lowest BCUT2D eigenvalue weighted by molar-refractivity contribution is -0.265. The molecular weight excluding hydrogens is 868 g/mol. The number of allylic oxidation sites excluding steroid dienone is 6. The fourth-order valence-corrected chi connectivity index (χ4v) is 7.68. The summed E-state index contributed by atoms with van der Waals surface area (Å²) < 4.78 is 10.7. The molecule has 6 rings (SSSR count). The molecule has 22 nitrogen and oxygen atoms in total. The van der Waals surface area contributed by atoms with Crippen LogP contribution in [0.5, 0.6) is 11.5 Å². The number of benzene rings is 2. The summed E-state index contributed by atoms with van der Waals surface area (Å²) in [7, 11) is 0. The second-order valence-electron chi connectivity index (χ2n) is 15.4. The molecule has 15 N–H and O–H groups in total. The number of carbonyl (C=O) groups is 5. The molecule has 2 fully saturated rings. The van der Waals surface area contributed by atoms with Crippen LogP contribution < -0.4 is 0 Å². The van der Waals surface area contributed by atoms with Crippen LogP contribution in [0.25, 0.3) is 12.2 Å². The van der Waals surface area contributed by atoms with Crippen LogP contribution in [0.15, 0.2) is 106 Å². The molecule has 0 spiro atoms. The van der Waals surface area contributed by atoms with Gasteiger partial charge in [0.1, 0.15) is 101 Å². The Labute approximate surface area is 365 Å². The largest absolute Gasteiger partial charge is 0.508 e. The molecular formula is C43H42O22. The molecule has 2 aromatic rings. The maximum atomic E-state index is 14.5. The van der Waals surface area contributed by atoms with Gasteiger partial charge in [-0.05, 0) is 53.6 Å². The minimum absolute atomic E-state index is 0.0686. The van der Waals surface area contributed by atoms with Crippen LogP contribution in [0, 0.1) is 0 Å². The maximum Gasteiger partial charge on any atom is 0.214 e. The summed E-state index contributed by atoms with van der Waals surface area (Å²) in [4.78, 5) is 70.9. The van der Waals surface area contributed by atoms with E-state index in [1.54, 1.807) is 0 Å². The van der Waals surface area contributed by atoms with Crippen LogP contribution in [-0.4, -0.2) is 191 Å². The highest BCUT2D eigenvalue weighted by atomic mass is 16.6. The molecule has 12 atom stereocenters. The third kappa shape index (κ3) is 8.22. The first-order valence-electron chi connectivity index (χ1n) is 19.3. The van der Waals surface area contributed by atoms with Gasteiger partial charge in [0.2, 0.25) is 28.6 Å².